The van der Waals surface area contributed by atoms with Crippen molar-refractivity contribution >= 4 is 16.8 Å². The topological polar surface area (TPSA) is 64.5 Å². The van der Waals surface area contributed by atoms with Crippen LogP contribution in [0.1, 0.15) is 48.8 Å². The van der Waals surface area contributed by atoms with Crippen LogP contribution in [0.3, 0.4) is 0 Å². The third-order valence-electron chi connectivity index (χ3n) is 7.29. The van der Waals surface area contributed by atoms with E-state index >= 15 is 0 Å². The van der Waals surface area contributed by atoms with Crippen LogP contribution in [0.15, 0.2) is 66.7 Å². The molecule has 2 atom stereocenters. The van der Waals surface area contributed by atoms with Crippen molar-refractivity contribution in [2.75, 3.05) is 0 Å². The van der Waals surface area contributed by atoms with Crippen LogP contribution in [-0.4, -0.2) is 21.6 Å². The first-order chi connectivity index (χ1) is 14.6. The Morgan fingerprint density at radius 2 is 1.57 bits per heavy atom. The Morgan fingerprint density at radius 3 is 2.43 bits per heavy atom. The number of hydrogen-bond donors (Lipinski definition) is 4. The molecule has 4 N–H and O–H groups in total. The lowest BCUT2D eigenvalue weighted by Crippen LogP contribution is -2.58. The molecule has 1 spiro atoms. The second-order valence-electron chi connectivity index (χ2n) is 9.01. The van der Waals surface area contributed by atoms with E-state index in [0.717, 1.165) is 53.1 Å². The Bertz CT molecular complexity index is 1180. The Labute approximate surface area is 176 Å². The molecular formula is C26H26N2O2. The van der Waals surface area contributed by atoms with E-state index in [0.29, 0.717) is 0 Å². The van der Waals surface area contributed by atoms with Gasteiger partial charge in [0.15, 0.2) is 5.72 Å². The van der Waals surface area contributed by atoms with E-state index in [2.05, 4.69) is 28.8 Å². The van der Waals surface area contributed by atoms with Gasteiger partial charge in [0.2, 0.25) is 0 Å². The smallest absolute Gasteiger partial charge is 0.164 e. The maximum absolute atomic E-state index is 12.2. The molecule has 1 aliphatic heterocycles. The van der Waals surface area contributed by atoms with Crippen molar-refractivity contribution in [2.24, 2.45) is 0 Å². The minimum Gasteiger partial charge on any atom is -0.508 e. The van der Waals surface area contributed by atoms with Gasteiger partial charge in [-0.15, -0.1) is 0 Å². The van der Waals surface area contributed by atoms with Crippen molar-refractivity contribution in [1.82, 2.24) is 10.6 Å². The fourth-order valence-corrected chi connectivity index (χ4v) is 6.02. The summed E-state index contributed by atoms with van der Waals surface area (Å²) in [7, 11) is 0. The van der Waals surface area contributed by atoms with Crippen LogP contribution < -0.4 is 10.6 Å². The number of phenols is 1. The fraction of sp³-hybridized carbons (Fsp3) is 0.308. The van der Waals surface area contributed by atoms with Gasteiger partial charge in [0.05, 0.1) is 5.66 Å². The van der Waals surface area contributed by atoms with E-state index < -0.39 is 11.3 Å². The molecule has 2 aliphatic carbocycles. The molecule has 0 aromatic heterocycles. The first kappa shape index (κ1) is 18.1. The molecule has 3 aliphatic rings. The fourth-order valence-electron chi connectivity index (χ4n) is 6.02. The summed E-state index contributed by atoms with van der Waals surface area (Å²) in [6.45, 7) is 0. The number of aromatic hydroxyl groups is 1. The average Bonchev–Trinajstić information content (AvgIpc) is 3.02. The molecule has 1 heterocycles. The maximum Gasteiger partial charge on any atom is 0.164 e. The van der Waals surface area contributed by atoms with E-state index in [1.165, 1.54) is 6.42 Å². The second-order valence-corrected chi connectivity index (χ2v) is 9.01. The molecule has 4 nitrogen and oxygen atoms in total. The Hall–Kier alpha value is -2.66. The van der Waals surface area contributed by atoms with Gasteiger partial charge in [-0.05, 0) is 46.9 Å². The van der Waals surface area contributed by atoms with Gasteiger partial charge in [0.1, 0.15) is 11.3 Å². The number of benzene rings is 3. The molecule has 1 saturated heterocycles. The molecule has 0 amide bonds. The second kappa shape index (κ2) is 6.17. The van der Waals surface area contributed by atoms with Gasteiger partial charge < -0.3 is 10.2 Å². The standard InChI is InChI=1S/C26H26N2O2/c29-22-13-12-18-8-2-4-10-20(18)23(22)26-21-11-5-3-9-19(21)14-17-25(26,30)27-24(28-26)15-6-1-7-16-24/h2-5,8-14,17,27-30H,1,6-7,15-16H2/t25-,26?/m1/s1. The molecular weight excluding hydrogens is 372 g/mol. The Morgan fingerprint density at radius 1 is 0.800 bits per heavy atom. The lowest BCUT2D eigenvalue weighted by molar-refractivity contribution is 0.0124. The van der Waals surface area contributed by atoms with Crippen molar-refractivity contribution in [3.05, 3.63) is 83.4 Å². The highest BCUT2D eigenvalue weighted by molar-refractivity contribution is 5.90. The summed E-state index contributed by atoms with van der Waals surface area (Å²) < 4.78 is 0. The van der Waals surface area contributed by atoms with E-state index in [4.69, 9.17) is 0 Å². The van der Waals surface area contributed by atoms with Gasteiger partial charge in [-0.2, -0.15) is 0 Å². The van der Waals surface area contributed by atoms with Gasteiger partial charge in [-0.25, -0.2) is 0 Å². The first-order valence-corrected chi connectivity index (χ1v) is 10.9. The van der Waals surface area contributed by atoms with Crippen molar-refractivity contribution in [2.45, 2.75) is 49.0 Å². The van der Waals surface area contributed by atoms with Gasteiger partial charge in [0.25, 0.3) is 0 Å². The lowest BCUT2D eigenvalue weighted by Gasteiger charge is -2.44. The van der Waals surface area contributed by atoms with Crippen molar-refractivity contribution in [1.29, 1.82) is 0 Å². The Kier molecular flexibility index (Phi) is 3.73. The molecule has 0 bridgehead atoms. The predicted molar refractivity (Wildman–Crippen MR) is 119 cm³/mol. The largest absolute Gasteiger partial charge is 0.508 e. The third kappa shape index (κ3) is 2.27. The zero-order valence-corrected chi connectivity index (χ0v) is 16.9. The summed E-state index contributed by atoms with van der Waals surface area (Å²) in [6.07, 6.45) is 9.18. The third-order valence-corrected chi connectivity index (χ3v) is 7.29. The molecule has 3 aromatic carbocycles. The van der Waals surface area contributed by atoms with E-state index in [-0.39, 0.29) is 11.4 Å². The minimum absolute atomic E-state index is 0.194. The van der Waals surface area contributed by atoms with Gasteiger partial charge in [-0.3, -0.25) is 10.6 Å². The normalized spacial score (nSPS) is 29.1. The minimum atomic E-state index is -1.36. The summed E-state index contributed by atoms with van der Waals surface area (Å²) in [5, 5.41) is 32.9. The molecule has 152 valence electrons. The lowest BCUT2D eigenvalue weighted by atomic mass is 9.69. The monoisotopic (exact) mass is 398 g/mol. The molecule has 3 aromatic rings. The highest BCUT2D eigenvalue weighted by Crippen LogP contribution is 2.55. The molecule has 6 rings (SSSR count). The SMILES string of the molecule is Oc1ccc2ccccc2c1C12NC3(CCCCC3)N[C@@]1(O)C=Cc1ccccc12. The molecule has 2 fully saturated rings. The molecule has 0 radical (unpaired) electrons. The number of hydrogen-bond acceptors (Lipinski definition) is 4. The van der Waals surface area contributed by atoms with Crippen LogP contribution in [0.5, 0.6) is 5.75 Å². The van der Waals surface area contributed by atoms with E-state index in [1.54, 1.807) is 6.07 Å². The van der Waals surface area contributed by atoms with Gasteiger partial charge in [-0.1, -0.05) is 79.9 Å². The molecule has 1 unspecified atom stereocenters. The average molecular weight is 399 g/mol. The van der Waals surface area contributed by atoms with Crippen LogP contribution in [0.4, 0.5) is 0 Å². The number of nitrogens with one attached hydrogen (secondary N) is 2. The van der Waals surface area contributed by atoms with Crippen molar-refractivity contribution < 1.29 is 10.2 Å². The molecule has 1 saturated carbocycles. The summed E-state index contributed by atoms with van der Waals surface area (Å²) >= 11 is 0. The summed E-state index contributed by atoms with van der Waals surface area (Å²) in [5.41, 5.74) is 0.0298. The number of aliphatic hydroxyl groups is 1. The quantitative estimate of drug-likeness (QED) is 0.492. The molecule has 30 heavy (non-hydrogen) atoms. The maximum atomic E-state index is 12.2. The highest BCUT2D eigenvalue weighted by Gasteiger charge is 2.65. The predicted octanol–water partition coefficient (Wildman–Crippen LogP) is 4.36. The number of phenolic OH excluding ortho intramolecular Hbond substituents is 1. The number of rotatable bonds is 1. The summed E-state index contributed by atoms with van der Waals surface area (Å²) in [5.74, 6) is 0.194. The van der Waals surface area contributed by atoms with Gasteiger partial charge in [0, 0.05) is 5.56 Å². The van der Waals surface area contributed by atoms with Crippen LogP contribution in [0.25, 0.3) is 16.8 Å². The summed E-state index contributed by atoms with van der Waals surface area (Å²) in [6, 6.07) is 19.9. The first-order valence-electron chi connectivity index (χ1n) is 10.9. The highest BCUT2D eigenvalue weighted by atomic mass is 16.3. The zero-order chi connectivity index (χ0) is 20.4. The van der Waals surface area contributed by atoms with Gasteiger partial charge >= 0.3 is 0 Å². The molecule has 4 heteroatoms. The van der Waals surface area contributed by atoms with Crippen LogP contribution in [0.2, 0.25) is 0 Å². The summed E-state index contributed by atoms with van der Waals surface area (Å²) in [4.78, 5) is 0. The Balaban J connectivity index is 1.72. The van der Waals surface area contributed by atoms with E-state index in [9.17, 15) is 10.2 Å². The van der Waals surface area contributed by atoms with E-state index in [1.807, 2.05) is 48.6 Å². The van der Waals surface area contributed by atoms with Crippen LogP contribution in [-0.2, 0) is 5.54 Å². The zero-order valence-electron chi connectivity index (χ0n) is 16.9. The number of fused-ring (bicyclic) bond motifs is 4. The van der Waals surface area contributed by atoms with Crippen LogP contribution in [0, 0.1) is 0 Å². The van der Waals surface area contributed by atoms with Crippen molar-refractivity contribution in [3.8, 4) is 5.75 Å². The van der Waals surface area contributed by atoms with Crippen molar-refractivity contribution in [3.63, 3.8) is 0 Å². The van der Waals surface area contributed by atoms with Crippen LogP contribution >= 0.6 is 0 Å².